The summed E-state index contributed by atoms with van der Waals surface area (Å²) in [6.07, 6.45) is 1.09. The molecule has 3 N–H and O–H groups in total. The van der Waals surface area contributed by atoms with Crippen LogP contribution in [0.15, 0.2) is 16.8 Å². The molecule has 0 saturated heterocycles. The molecule has 0 aliphatic rings. The summed E-state index contributed by atoms with van der Waals surface area (Å²) in [5, 5.41) is 7.77. The van der Waals surface area contributed by atoms with Gasteiger partial charge in [0.05, 0.1) is 0 Å². The van der Waals surface area contributed by atoms with Crippen molar-refractivity contribution in [1.82, 2.24) is 5.32 Å². The Bertz CT molecular complexity index is 221. The zero-order valence-electron chi connectivity index (χ0n) is 8.29. The van der Waals surface area contributed by atoms with E-state index in [1.54, 1.807) is 11.3 Å². The first-order chi connectivity index (χ1) is 6.22. The smallest absolute Gasteiger partial charge is 0.0164 e. The molecular weight excluding hydrogens is 180 g/mol. The van der Waals surface area contributed by atoms with Crippen LogP contribution < -0.4 is 11.1 Å². The van der Waals surface area contributed by atoms with Gasteiger partial charge in [0.15, 0.2) is 0 Å². The highest BCUT2D eigenvalue weighted by Gasteiger charge is 2.06. The second kappa shape index (κ2) is 5.37. The SMILES string of the molecule is CC(CN)NC(C)Cc1ccsc1. The first-order valence-corrected chi connectivity index (χ1v) is 5.64. The van der Waals surface area contributed by atoms with Crippen LogP contribution in [-0.2, 0) is 6.42 Å². The van der Waals surface area contributed by atoms with Crippen molar-refractivity contribution in [3.8, 4) is 0 Å². The molecule has 0 aromatic carbocycles. The highest BCUT2D eigenvalue weighted by Crippen LogP contribution is 2.08. The minimum atomic E-state index is 0.411. The van der Waals surface area contributed by atoms with Gasteiger partial charge in [0.1, 0.15) is 0 Å². The Labute approximate surface area is 84.2 Å². The average molecular weight is 198 g/mol. The highest BCUT2D eigenvalue weighted by atomic mass is 32.1. The molecule has 13 heavy (non-hydrogen) atoms. The molecule has 0 bridgehead atoms. The third-order valence-electron chi connectivity index (χ3n) is 2.04. The largest absolute Gasteiger partial charge is 0.329 e. The molecule has 0 spiro atoms. The van der Waals surface area contributed by atoms with E-state index in [1.807, 2.05) is 0 Å². The van der Waals surface area contributed by atoms with Crippen LogP contribution in [0.5, 0.6) is 0 Å². The topological polar surface area (TPSA) is 38.0 Å². The molecule has 1 aromatic heterocycles. The summed E-state index contributed by atoms with van der Waals surface area (Å²) >= 11 is 1.75. The quantitative estimate of drug-likeness (QED) is 0.754. The number of nitrogens with one attached hydrogen (secondary N) is 1. The fourth-order valence-electron chi connectivity index (χ4n) is 1.38. The van der Waals surface area contributed by atoms with E-state index in [4.69, 9.17) is 5.73 Å². The minimum absolute atomic E-state index is 0.411. The molecule has 1 rings (SSSR count). The van der Waals surface area contributed by atoms with Crippen molar-refractivity contribution in [3.63, 3.8) is 0 Å². The summed E-state index contributed by atoms with van der Waals surface area (Å²) in [7, 11) is 0. The molecule has 0 aliphatic carbocycles. The molecule has 3 heteroatoms. The maximum atomic E-state index is 5.53. The molecule has 2 unspecified atom stereocenters. The van der Waals surface area contributed by atoms with Gasteiger partial charge in [-0.2, -0.15) is 11.3 Å². The summed E-state index contributed by atoms with van der Waals surface area (Å²) < 4.78 is 0. The van der Waals surface area contributed by atoms with Crippen LogP contribution in [0.25, 0.3) is 0 Å². The lowest BCUT2D eigenvalue weighted by molar-refractivity contribution is 0.470. The number of hydrogen-bond donors (Lipinski definition) is 2. The minimum Gasteiger partial charge on any atom is -0.329 e. The van der Waals surface area contributed by atoms with E-state index in [2.05, 4.69) is 36.0 Å². The summed E-state index contributed by atoms with van der Waals surface area (Å²) in [6.45, 7) is 5.02. The predicted octanol–water partition coefficient (Wildman–Crippen LogP) is 1.62. The van der Waals surface area contributed by atoms with Gasteiger partial charge in [-0.15, -0.1) is 0 Å². The van der Waals surface area contributed by atoms with Gasteiger partial charge in [-0.05, 0) is 42.7 Å². The molecule has 0 aliphatic heterocycles. The number of nitrogens with two attached hydrogens (primary N) is 1. The van der Waals surface area contributed by atoms with Gasteiger partial charge in [-0.1, -0.05) is 0 Å². The van der Waals surface area contributed by atoms with Crippen molar-refractivity contribution in [2.24, 2.45) is 5.73 Å². The fraction of sp³-hybridized carbons (Fsp3) is 0.600. The van der Waals surface area contributed by atoms with Gasteiger partial charge in [0, 0.05) is 18.6 Å². The van der Waals surface area contributed by atoms with Crippen LogP contribution in [0.2, 0.25) is 0 Å². The van der Waals surface area contributed by atoms with E-state index in [-0.39, 0.29) is 0 Å². The summed E-state index contributed by atoms with van der Waals surface area (Å²) in [5.74, 6) is 0. The third kappa shape index (κ3) is 3.89. The lowest BCUT2D eigenvalue weighted by Gasteiger charge is -2.17. The van der Waals surface area contributed by atoms with E-state index >= 15 is 0 Å². The first kappa shape index (κ1) is 10.7. The monoisotopic (exact) mass is 198 g/mol. The Hall–Kier alpha value is -0.380. The lowest BCUT2D eigenvalue weighted by atomic mass is 10.1. The molecule has 2 atom stereocenters. The van der Waals surface area contributed by atoms with E-state index < -0.39 is 0 Å². The molecule has 2 nitrogen and oxygen atoms in total. The van der Waals surface area contributed by atoms with Crippen LogP contribution in [0.1, 0.15) is 19.4 Å². The molecule has 74 valence electrons. The summed E-state index contributed by atoms with van der Waals surface area (Å²) in [6, 6.07) is 3.09. The number of thiophene rings is 1. The Morgan fingerprint density at radius 2 is 2.23 bits per heavy atom. The van der Waals surface area contributed by atoms with Crippen LogP contribution in [0, 0.1) is 0 Å². The Morgan fingerprint density at radius 3 is 2.77 bits per heavy atom. The second-order valence-electron chi connectivity index (χ2n) is 3.54. The molecule has 0 saturated carbocycles. The summed E-state index contributed by atoms with van der Waals surface area (Å²) in [5.41, 5.74) is 6.94. The standard InChI is InChI=1S/C10H18N2S/c1-8(12-9(2)6-11)5-10-3-4-13-7-10/h3-4,7-9,12H,5-6,11H2,1-2H3. The van der Waals surface area contributed by atoms with E-state index in [0.717, 1.165) is 6.42 Å². The van der Waals surface area contributed by atoms with Crippen molar-refractivity contribution >= 4 is 11.3 Å². The zero-order chi connectivity index (χ0) is 9.68. The van der Waals surface area contributed by atoms with Crippen LogP contribution >= 0.6 is 11.3 Å². The molecule has 1 heterocycles. The highest BCUT2D eigenvalue weighted by molar-refractivity contribution is 7.07. The van der Waals surface area contributed by atoms with Crippen molar-refractivity contribution in [2.75, 3.05) is 6.54 Å². The number of hydrogen-bond acceptors (Lipinski definition) is 3. The van der Waals surface area contributed by atoms with E-state index in [1.165, 1.54) is 5.56 Å². The molecular formula is C10H18N2S. The molecule has 0 fully saturated rings. The van der Waals surface area contributed by atoms with Gasteiger partial charge < -0.3 is 11.1 Å². The van der Waals surface area contributed by atoms with Crippen molar-refractivity contribution in [2.45, 2.75) is 32.4 Å². The van der Waals surface area contributed by atoms with Gasteiger partial charge in [-0.3, -0.25) is 0 Å². The van der Waals surface area contributed by atoms with Crippen molar-refractivity contribution in [1.29, 1.82) is 0 Å². The molecule has 0 amide bonds. The van der Waals surface area contributed by atoms with Gasteiger partial charge in [-0.25, -0.2) is 0 Å². The molecule has 1 aromatic rings. The van der Waals surface area contributed by atoms with Gasteiger partial charge in [0.25, 0.3) is 0 Å². The Balaban J connectivity index is 2.29. The van der Waals surface area contributed by atoms with Crippen LogP contribution in [0.3, 0.4) is 0 Å². The maximum Gasteiger partial charge on any atom is 0.0164 e. The fourth-order valence-corrected chi connectivity index (χ4v) is 2.06. The Kier molecular flexibility index (Phi) is 4.42. The van der Waals surface area contributed by atoms with Crippen LogP contribution in [-0.4, -0.2) is 18.6 Å². The van der Waals surface area contributed by atoms with Crippen LogP contribution in [0.4, 0.5) is 0 Å². The summed E-state index contributed by atoms with van der Waals surface area (Å²) in [4.78, 5) is 0. The van der Waals surface area contributed by atoms with Crippen molar-refractivity contribution in [3.05, 3.63) is 22.4 Å². The normalized spacial score (nSPS) is 15.6. The molecule has 0 radical (unpaired) electrons. The Morgan fingerprint density at radius 1 is 1.46 bits per heavy atom. The maximum absolute atomic E-state index is 5.53. The average Bonchev–Trinajstić information content (AvgIpc) is 2.56. The lowest BCUT2D eigenvalue weighted by Crippen LogP contribution is -2.40. The number of rotatable bonds is 5. The predicted molar refractivity (Wildman–Crippen MR) is 59.1 cm³/mol. The third-order valence-corrected chi connectivity index (χ3v) is 2.78. The second-order valence-corrected chi connectivity index (χ2v) is 4.32. The van der Waals surface area contributed by atoms with E-state index in [9.17, 15) is 0 Å². The van der Waals surface area contributed by atoms with Crippen molar-refractivity contribution < 1.29 is 0 Å². The van der Waals surface area contributed by atoms with E-state index in [0.29, 0.717) is 18.6 Å². The van der Waals surface area contributed by atoms with Gasteiger partial charge in [0.2, 0.25) is 0 Å². The zero-order valence-corrected chi connectivity index (χ0v) is 9.10. The first-order valence-electron chi connectivity index (χ1n) is 4.69. The van der Waals surface area contributed by atoms with Gasteiger partial charge >= 0.3 is 0 Å².